The lowest BCUT2D eigenvalue weighted by Crippen LogP contribution is -2.47. The Kier molecular flexibility index (Phi) is 5.57. The molecular formula is C21H20ClN5O2. The third-order valence-electron chi connectivity index (χ3n) is 4.64. The number of carbonyl (C=O) groups is 2. The second kappa shape index (κ2) is 7.94. The third-order valence-corrected chi connectivity index (χ3v) is 4.97. The smallest absolute Gasteiger partial charge is 0.274 e. The van der Waals surface area contributed by atoms with Gasteiger partial charge in [0, 0.05) is 35.1 Å². The molecule has 0 unspecified atom stereocenters. The van der Waals surface area contributed by atoms with Gasteiger partial charge in [-0.3, -0.25) is 14.5 Å². The van der Waals surface area contributed by atoms with E-state index < -0.39 is 5.54 Å². The first kappa shape index (κ1) is 20.4. The number of nitrogens with zero attached hydrogens (tertiary/aromatic N) is 3. The van der Waals surface area contributed by atoms with Crippen molar-refractivity contribution in [2.24, 2.45) is 10.7 Å². The number of aliphatic imine (C=N–C) groups is 1. The SMILES string of the molecule is CC#Cc1ccc(C(=O)Nc2ccc(Cl)c([C@]3(C)CC(=O)N(C)C(N)=N3)c2)nc1. The molecule has 1 aromatic carbocycles. The van der Waals surface area contributed by atoms with E-state index in [1.807, 2.05) is 0 Å². The van der Waals surface area contributed by atoms with Crippen LogP contribution in [0.2, 0.25) is 5.02 Å². The Labute approximate surface area is 174 Å². The van der Waals surface area contributed by atoms with Gasteiger partial charge in [-0.05, 0) is 44.2 Å². The van der Waals surface area contributed by atoms with E-state index in [4.69, 9.17) is 17.3 Å². The zero-order valence-electron chi connectivity index (χ0n) is 16.3. The van der Waals surface area contributed by atoms with Crippen LogP contribution in [0.1, 0.15) is 41.9 Å². The summed E-state index contributed by atoms with van der Waals surface area (Å²) in [5.74, 6) is 5.24. The number of amides is 2. The van der Waals surface area contributed by atoms with Gasteiger partial charge < -0.3 is 11.1 Å². The number of guanidine groups is 1. The molecule has 1 atom stereocenters. The van der Waals surface area contributed by atoms with Crippen LogP contribution in [0.4, 0.5) is 5.69 Å². The molecule has 3 rings (SSSR count). The first-order valence-electron chi connectivity index (χ1n) is 8.85. The van der Waals surface area contributed by atoms with Gasteiger partial charge >= 0.3 is 0 Å². The Hall–Kier alpha value is -3.37. The first-order valence-corrected chi connectivity index (χ1v) is 9.23. The molecule has 3 N–H and O–H groups in total. The molecule has 0 saturated carbocycles. The monoisotopic (exact) mass is 409 g/mol. The predicted molar refractivity (Wildman–Crippen MR) is 113 cm³/mol. The standard InChI is InChI=1S/C21H20ClN5O2/c1-4-5-13-6-9-17(24-12-13)19(29)25-14-7-8-16(22)15(10-14)21(2)11-18(28)27(3)20(23)26-21/h6-10,12H,11H2,1-3H3,(H2,23,26)(H,25,29)/t21-/m0/s1. The highest BCUT2D eigenvalue weighted by Crippen LogP contribution is 2.38. The average molecular weight is 410 g/mol. The fourth-order valence-corrected chi connectivity index (χ4v) is 3.34. The molecule has 1 aromatic heterocycles. The van der Waals surface area contributed by atoms with Crippen molar-refractivity contribution in [2.75, 3.05) is 12.4 Å². The highest BCUT2D eigenvalue weighted by molar-refractivity contribution is 6.31. The topological polar surface area (TPSA) is 101 Å². The number of pyridine rings is 1. The van der Waals surface area contributed by atoms with Crippen molar-refractivity contribution < 1.29 is 9.59 Å². The maximum atomic E-state index is 12.5. The summed E-state index contributed by atoms with van der Waals surface area (Å²) in [5.41, 5.74) is 7.05. The molecule has 0 spiro atoms. The number of hydrogen-bond acceptors (Lipinski definition) is 5. The van der Waals surface area contributed by atoms with Crippen LogP contribution in [-0.4, -0.2) is 34.7 Å². The summed E-state index contributed by atoms with van der Waals surface area (Å²) in [6.45, 7) is 3.52. The van der Waals surface area contributed by atoms with Crippen molar-refractivity contribution in [1.29, 1.82) is 0 Å². The number of aromatic nitrogens is 1. The lowest BCUT2D eigenvalue weighted by atomic mass is 9.87. The molecule has 0 radical (unpaired) electrons. The summed E-state index contributed by atoms with van der Waals surface area (Å²) in [5, 5.41) is 3.22. The highest BCUT2D eigenvalue weighted by Gasteiger charge is 2.37. The maximum absolute atomic E-state index is 12.5. The lowest BCUT2D eigenvalue weighted by molar-refractivity contribution is -0.128. The van der Waals surface area contributed by atoms with Crippen molar-refractivity contribution >= 4 is 35.1 Å². The zero-order chi connectivity index (χ0) is 21.2. The van der Waals surface area contributed by atoms with Crippen LogP contribution in [0.3, 0.4) is 0 Å². The van der Waals surface area contributed by atoms with Crippen LogP contribution in [0.15, 0.2) is 41.5 Å². The molecule has 0 aliphatic carbocycles. The number of rotatable bonds is 3. The Morgan fingerprint density at radius 1 is 1.34 bits per heavy atom. The second-order valence-corrected chi connectivity index (χ2v) is 7.24. The molecule has 0 fully saturated rings. The van der Waals surface area contributed by atoms with Gasteiger partial charge in [-0.1, -0.05) is 17.5 Å². The Morgan fingerprint density at radius 2 is 2.10 bits per heavy atom. The van der Waals surface area contributed by atoms with E-state index in [1.165, 1.54) is 4.90 Å². The second-order valence-electron chi connectivity index (χ2n) is 6.83. The van der Waals surface area contributed by atoms with Crippen LogP contribution < -0.4 is 11.1 Å². The van der Waals surface area contributed by atoms with Crippen LogP contribution in [0.5, 0.6) is 0 Å². The fourth-order valence-electron chi connectivity index (χ4n) is 3.02. The highest BCUT2D eigenvalue weighted by atomic mass is 35.5. The van der Waals surface area contributed by atoms with Gasteiger partial charge in [0.1, 0.15) is 5.69 Å². The van der Waals surface area contributed by atoms with Gasteiger partial charge in [0.2, 0.25) is 5.91 Å². The van der Waals surface area contributed by atoms with Gasteiger partial charge in [0.15, 0.2) is 5.96 Å². The van der Waals surface area contributed by atoms with Crippen LogP contribution in [-0.2, 0) is 10.3 Å². The Balaban J connectivity index is 1.88. The van der Waals surface area contributed by atoms with Crippen LogP contribution in [0, 0.1) is 11.8 Å². The number of hydrogen-bond donors (Lipinski definition) is 2. The van der Waals surface area contributed by atoms with Crippen molar-refractivity contribution in [1.82, 2.24) is 9.88 Å². The molecule has 0 saturated heterocycles. The summed E-state index contributed by atoms with van der Waals surface area (Å²) in [7, 11) is 1.57. The number of carbonyl (C=O) groups excluding carboxylic acids is 2. The fraction of sp³-hybridized carbons (Fsp3) is 0.238. The summed E-state index contributed by atoms with van der Waals surface area (Å²) in [4.78, 5) is 34.7. The Bertz CT molecular complexity index is 1070. The Morgan fingerprint density at radius 3 is 2.72 bits per heavy atom. The van der Waals surface area contributed by atoms with Crippen molar-refractivity contribution in [2.45, 2.75) is 25.8 Å². The summed E-state index contributed by atoms with van der Waals surface area (Å²) in [6, 6.07) is 8.36. The van der Waals surface area contributed by atoms with Gasteiger partial charge in [0.05, 0.1) is 12.0 Å². The molecule has 8 heteroatoms. The zero-order valence-corrected chi connectivity index (χ0v) is 17.0. The van der Waals surface area contributed by atoms with E-state index in [1.54, 1.807) is 57.4 Å². The quantitative estimate of drug-likeness (QED) is 0.761. The van der Waals surface area contributed by atoms with Crippen LogP contribution in [0.25, 0.3) is 0 Å². The van der Waals surface area contributed by atoms with Gasteiger partial charge in [-0.2, -0.15) is 0 Å². The predicted octanol–water partition coefficient (Wildman–Crippen LogP) is 2.75. The molecule has 2 amide bonds. The minimum Gasteiger partial charge on any atom is -0.369 e. The van der Waals surface area contributed by atoms with Gasteiger partial charge in [0.25, 0.3) is 5.91 Å². The van der Waals surface area contributed by atoms with Gasteiger partial charge in [-0.25, -0.2) is 9.98 Å². The van der Waals surface area contributed by atoms with Crippen molar-refractivity contribution in [3.63, 3.8) is 0 Å². The van der Waals surface area contributed by atoms with Gasteiger partial charge in [-0.15, -0.1) is 5.92 Å². The molecular weight excluding hydrogens is 390 g/mol. The van der Waals surface area contributed by atoms with E-state index >= 15 is 0 Å². The largest absolute Gasteiger partial charge is 0.369 e. The number of nitrogens with two attached hydrogens (primary N) is 1. The van der Waals surface area contributed by atoms with Crippen molar-refractivity contribution in [3.8, 4) is 11.8 Å². The molecule has 1 aliphatic heterocycles. The minimum absolute atomic E-state index is 0.114. The molecule has 1 aliphatic rings. The first-order chi connectivity index (χ1) is 13.7. The molecule has 29 heavy (non-hydrogen) atoms. The van der Waals surface area contributed by atoms with Crippen LogP contribution >= 0.6 is 11.6 Å². The van der Waals surface area contributed by atoms with E-state index in [-0.39, 0.29) is 29.9 Å². The number of anilines is 1. The van der Waals surface area contributed by atoms with E-state index in [2.05, 4.69) is 27.1 Å². The molecule has 2 heterocycles. The van der Waals surface area contributed by atoms with E-state index in [0.29, 0.717) is 16.3 Å². The van der Waals surface area contributed by atoms with E-state index in [9.17, 15) is 9.59 Å². The maximum Gasteiger partial charge on any atom is 0.274 e. The summed E-state index contributed by atoms with van der Waals surface area (Å²) < 4.78 is 0. The summed E-state index contributed by atoms with van der Waals surface area (Å²) in [6.07, 6.45) is 1.66. The normalized spacial score (nSPS) is 18.6. The number of halogens is 1. The molecule has 0 bridgehead atoms. The third kappa shape index (κ3) is 4.23. The number of nitrogens with one attached hydrogen (secondary N) is 1. The van der Waals surface area contributed by atoms with E-state index in [0.717, 1.165) is 5.56 Å². The van der Waals surface area contributed by atoms with Crippen molar-refractivity contribution in [3.05, 3.63) is 58.4 Å². The molecule has 7 nitrogen and oxygen atoms in total. The molecule has 148 valence electrons. The minimum atomic E-state index is -0.926. The lowest BCUT2D eigenvalue weighted by Gasteiger charge is -2.34. The molecule has 2 aromatic rings. The average Bonchev–Trinajstić information content (AvgIpc) is 2.68. The summed E-state index contributed by atoms with van der Waals surface area (Å²) >= 11 is 6.38. The number of benzene rings is 1.